The van der Waals surface area contributed by atoms with Gasteiger partial charge in [0.25, 0.3) is 11.6 Å². The van der Waals surface area contributed by atoms with E-state index in [1.807, 2.05) is 0 Å². The van der Waals surface area contributed by atoms with Crippen molar-refractivity contribution in [1.29, 1.82) is 0 Å². The van der Waals surface area contributed by atoms with Crippen LogP contribution >= 0.6 is 0 Å². The fourth-order valence-corrected chi connectivity index (χ4v) is 4.78. The third-order valence-corrected chi connectivity index (χ3v) is 6.30. The molecule has 1 fully saturated rings. The van der Waals surface area contributed by atoms with E-state index in [9.17, 15) is 28.1 Å². The molecule has 27 heavy (non-hydrogen) atoms. The monoisotopic (exact) mass is 394 g/mol. The van der Waals surface area contributed by atoms with Crippen molar-refractivity contribution < 1.29 is 22.9 Å². The number of benzene rings is 1. The molecule has 11 heteroatoms. The van der Waals surface area contributed by atoms with Crippen molar-refractivity contribution in [2.45, 2.75) is 32.2 Å². The Morgan fingerprint density at radius 1 is 1.37 bits per heavy atom. The number of nitro benzene ring substituents is 1. The first kappa shape index (κ1) is 19.0. The molecular formula is C16H18N4O6S. The minimum atomic E-state index is -3.19. The number of carbonyl (C=O) groups excluding carboxylic acids is 2. The summed E-state index contributed by atoms with van der Waals surface area (Å²) in [5.74, 6) is -0.982. The molecule has 0 spiro atoms. The van der Waals surface area contributed by atoms with Gasteiger partial charge in [0.2, 0.25) is 5.91 Å². The van der Waals surface area contributed by atoms with E-state index in [0.717, 1.165) is 5.01 Å². The Morgan fingerprint density at radius 3 is 2.70 bits per heavy atom. The molecule has 0 bridgehead atoms. The lowest BCUT2D eigenvalue weighted by Crippen LogP contribution is -2.42. The van der Waals surface area contributed by atoms with Crippen LogP contribution in [-0.4, -0.2) is 53.4 Å². The molecule has 3 rings (SSSR count). The van der Waals surface area contributed by atoms with E-state index in [2.05, 4.69) is 10.4 Å². The van der Waals surface area contributed by atoms with E-state index in [4.69, 9.17) is 0 Å². The van der Waals surface area contributed by atoms with Gasteiger partial charge in [0.1, 0.15) is 5.71 Å². The zero-order valence-corrected chi connectivity index (χ0v) is 15.4. The lowest BCUT2D eigenvalue weighted by Gasteiger charge is -2.27. The summed E-state index contributed by atoms with van der Waals surface area (Å²) in [5.41, 5.74) is 0.959. The lowest BCUT2D eigenvalue weighted by atomic mass is 10.1. The molecule has 2 amide bonds. The van der Waals surface area contributed by atoms with Gasteiger partial charge in [-0.1, -0.05) is 0 Å². The van der Waals surface area contributed by atoms with Gasteiger partial charge in [0, 0.05) is 30.7 Å². The van der Waals surface area contributed by atoms with Gasteiger partial charge in [-0.05, 0) is 25.0 Å². The summed E-state index contributed by atoms with van der Waals surface area (Å²) in [6, 6.07) is 3.51. The smallest absolute Gasteiger partial charge is 0.271 e. The van der Waals surface area contributed by atoms with E-state index < -0.39 is 26.7 Å². The Bertz CT molecular complexity index is 956. The third-order valence-electron chi connectivity index (χ3n) is 4.55. The summed E-state index contributed by atoms with van der Waals surface area (Å²) >= 11 is 0. The molecule has 2 aliphatic heterocycles. The normalized spacial score (nSPS) is 21.7. The van der Waals surface area contributed by atoms with Crippen LogP contribution in [0, 0.1) is 17.0 Å². The maximum Gasteiger partial charge on any atom is 0.271 e. The van der Waals surface area contributed by atoms with Crippen LogP contribution in [0.2, 0.25) is 0 Å². The van der Waals surface area contributed by atoms with Crippen LogP contribution in [0.4, 0.5) is 11.4 Å². The number of amides is 2. The van der Waals surface area contributed by atoms with Crippen LogP contribution in [0.1, 0.15) is 24.8 Å². The second kappa shape index (κ2) is 7.06. The summed E-state index contributed by atoms with van der Waals surface area (Å²) in [5, 5.41) is 18.6. The molecular weight excluding hydrogens is 376 g/mol. The highest BCUT2D eigenvalue weighted by Crippen LogP contribution is 2.24. The molecule has 0 radical (unpaired) electrons. The van der Waals surface area contributed by atoms with Gasteiger partial charge in [0.15, 0.2) is 9.84 Å². The number of hydrogen-bond acceptors (Lipinski definition) is 7. The molecule has 0 aromatic heterocycles. The van der Waals surface area contributed by atoms with E-state index in [1.165, 1.54) is 18.2 Å². The van der Waals surface area contributed by atoms with Crippen LogP contribution in [0.5, 0.6) is 0 Å². The summed E-state index contributed by atoms with van der Waals surface area (Å²) in [6.45, 7) is 1.63. The second-order valence-corrected chi connectivity index (χ2v) is 8.78. The number of nitro groups is 1. The first-order chi connectivity index (χ1) is 12.7. The molecule has 0 unspecified atom stereocenters. The number of nitrogens with zero attached hydrogens (tertiary/aromatic N) is 3. The van der Waals surface area contributed by atoms with Crippen LogP contribution in [0.3, 0.4) is 0 Å². The highest BCUT2D eigenvalue weighted by atomic mass is 32.2. The molecule has 144 valence electrons. The number of aryl methyl sites for hydroxylation is 1. The predicted octanol–water partition coefficient (Wildman–Crippen LogP) is 1.01. The Balaban J connectivity index is 1.77. The highest BCUT2D eigenvalue weighted by Gasteiger charge is 2.37. The van der Waals surface area contributed by atoms with E-state index in [0.29, 0.717) is 17.7 Å². The van der Waals surface area contributed by atoms with Crippen LogP contribution in [0.15, 0.2) is 23.3 Å². The zero-order chi connectivity index (χ0) is 19.8. The van der Waals surface area contributed by atoms with Crippen LogP contribution < -0.4 is 5.32 Å². The molecule has 0 aliphatic carbocycles. The fraction of sp³-hybridized carbons (Fsp3) is 0.438. The Morgan fingerprint density at radius 2 is 2.11 bits per heavy atom. The van der Waals surface area contributed by atoms with Crippen molar-refractivity contribution in [1.82, 2.24) is 5.01 Å². The van der Waals surface area contributed by atoms with Crippen molar-refractivity contribution in [2.24, 2.45) is 5.10 Å². The number of sulfone groups is 1. The first-order valence-corrected chi connectivity index (χ1v) is 10.1. The van der Waals surface area contributed by atoms with Crippen molar-refractivity contribution in [3.05, 3.63) is 33.9 Å². The predicted molar refractivity (Wildman–Crippen MR) is 97.0 cm³/mol. The Hall–Kier alpha value is -2.82. The maximum absolute atomic E-state index is 12.5. The van der Waals surface area contributed by atoms with E-state index in [1.54, 1.807) is 6.92 Å². The van der Waals surface area contributed by atoms with Gasteiger partial charge in [-0.2, -0.15) is 5.10 Å². The summed E-state index contributed by atoms with van der Waals surface area (Å²) < 4.78 is 23.3. The number of non-ortho nitro benzene ring substituents is 1. The average molecular weight is 394 g/mol. The topological polar surface area (TPSA) is 139 Å². The first-order valence-electron chi connectivity index (χ1n) is 8.32. The third kappa shape index (κ3) is 4.13. The second-order valence-electron chi connectivity index (χ2n) is 6.55. The SMILES string of the molecule is Cc1cc([N+](=O)[O-])ccc1NC(=O)C1=NN([C@@H]2CCS(=O)(=O)C2)C(=O)CC1. The van der Waals surface area contributed by atoms with Gasteiger partial charge in [0.05, 0.1) is 22.5 Å². The number of carbonyl (C=O) groups is 2. The molecule has 2 aliphatic rings. The van der Waals surface area contributed by atoms with Crippen molar-refractivity contribution in [3.8, 4) is 0 Å². The number of rotatable bonds is 4. The quantitative estimate of drug-likeness (QED) is 0.597. The summed E-state index contributed by atoms with van der Waals surface area (Å²) in [4.78, 5) is 34.9. The highest BCUT2D eigenvalue weighted by molar-refractivity contribution is 7.91. The molecule has 10 nitrogen and oxygen atoms in total. The molecule has 1 saturated heterocycles. The number of nitrogens with one attached hydrogen (secondary N) is 1. The lowest BCUT2D eigenvalue weighted by molar-refractivity contribution is -0.384. The van der Waals surface area contributed by atoms with Gasteiger partial charge >= 0.3 is 0 Å². The van der Waals surface area contributed by atoms with Gasteiger partial charge in [-0.3, -0.25) is 19.7 Å². The number of hydrogen-bond donors (Lipinski definition) is 1. The van der Waals surface area contributed by atoms with Crippen LogP contribution in [-0.2, 0) is 19.4 Å². The summed E-state index contributed by atoms with van der Waals surface area (Å²) in [6.07, 6.45) is 0.517. The molecule has 2 heterocycles. The molecule has 0 saturated carbocycles. The molecule has 1 atom stereocenters. The Kier molecular flexibility index (Phi) is 4.96. The maximum atomic E-state index is 12.5. The fourth-order valence-electron chi connectivity index (χ4n) is 3.08. The van der Waals surface area contributed by atoms with Gasteiger partial charge in [-0.25, -0.2) is 13.4 Å². The minimum Gasteiger partial charge on any atom is -0.321 e. The minimum absolute atomic E-state index is 0.000482. The molecule has 1 aromatic rings. The average Bonchev–Trinajstić information content (AvgIpc) is 2.96. The largest absolute Gasteiger partial charge is 0.321 e. The van der Waals surface area contributed by atoms with E-state index in [-0.39, 0.29) is 41.7 Å². The molecule has 1 aromatic carbocycles. The van der Waals surface area contributed by atoms with E-state index >= 15 is 0 Å². The summed E-state index contributed by atoms with van der Waals surface area (Å²) in [7, 11) is -3.19. The van der Waals surface area contributed by atoms with Crippen LogP contribution in [0.25, 0.3) is 0 Å². The van der Waals surface area contributed by atoms with Gasteiger partial charge in [-0.15, -0.1) is 0 Å². The van der Waals surface area contributed by atoms with Crippen molar-refractivity contribution in [3.63, 3.8) is 0 Å². The zero-order valence-electron chi connectivity index (χ0n) is 14.5. The molecule has 1 N–H and O–H groups in total. The standard InChI is InChI=1S/C16H18N4O6S/c1-10-8-11(20(23)24)2-3-13(10)17-16(22)14-4-5-15(21)19(18-14)12-6-7-27(25,26)9-12/h2-3,8,12H,4-7,9H2,1H3,(H,17,22)/t12-/m1/s1. The Labute approximate surface area is 155 Å². The van der Waals surface area contributed by atoms with Crippen molar-refractivity contribution >= 4 is 38.7 Å². The number of anilines is 1. The van der Waals surface area contributed by atoms with Crippen molar-refractivity contribution in [2.75, 3.05) is 16.8 Å². The van der Waals surface area contributed by atoms with Gasteiger partial charge < -0.3 is 5.32 Å². The number of hydrazone groups is 1.